The van der Waals surface area contributed by atoms with Gasteiger partial charge < -0.3 is 20.3 Å². The van der Waals surface area contributed by atoms with Crippen LogP contribution >= 0.6 is 0 Å². The van der Waals surface area contributed by atoms with Gasteiger partial charge >= 0.3 is 0 Å². The number of likely N-dealkylation sites (tertiary alicyclic amines) is 1. The highest BCUT2D eigenvalue weighted by Gasteiger charge is 2.25. The average molecular weight is 422 g/mol. The number of nitrogens with one attached hydrogen (secondary N) is 2. The molecule has 0 saturated carbocycles. The van der Waals surface area contributed by atoms with E-state index in [0.29, 0.717) is 36.8 Å². The van der Waals surface area contributed by atoms with Gasteiger partial charge in [-0.25, -0.2) is 4.98 Å². The van der Waals surface area contributed by atoms with E-state index < -0.39 is 0 Å². The summed E-state index contributed by atoms with van der Waals surface area (Å²) in [5.41, 5.74) is 1.74. The van der Waals surface area contributed by atoms with Crippen LogP contribution in [0.3, 0.4) is 0 Å². The van der Waals surface area contributed by atoms with Crippen molar-refractivity contribution in [1.29, 1.82) is 5.26 Å². The lowest BCUT2D eigenvalue weighted by atomic mass is 10.1. The normalized spacial score (nSPS) is 16.4. The van der Waals surface area contributed by atoms with E-state index in [2.05, 4.69) is 21.7 Å². The largest absolute Gasteiger partial charge is 0.487 e. The van der Waals surface area contributed by atoms with E-state index in [1.54, 1.807) is 49.2 Å². The summed E-state index contributed by atoms with van der Waals surface area (Å²) in [6, 6.07) is 12.6. The molecule has 2 atom stereocenters. The second-order valence-electron chi connectivity index (χ2n) is 7.60. The highest BCUT2D eigenvalue weighted by molar-refractivity contribution is 5.93. The molecule has 1 aliphatic heterocycles. The van der Waals surface area contributed by atoms with Crippen LogP contribution in [0.15, 0.2) is 42.6 Å². The molecule has 8 heteroatoms. The monoisotopic (exact) mass is 421 g/mol. The number of carbonyl (C=O) groups is 2. The SMILES string of the molecule is CC(=O)N1CC[C@H](Oc2ccc(NC(=O)[C@@H](C)NCCc3ccc(C#N)cc3)nc2)C1. The van der Waals surface area contributed by atoms with Gasteiger partial charge in [0.05, 0.1) is 30.4 Å². The van der Waals surface area contributed by atoms with Crippen molar-refractivity contribution in [3.05, 3.63) is 53.7 Å². The summed E-state index contributed by atoms with van der Waals surface area (Å²) in [7, 11) is 0. The lowest BCUT2D eigenvalue weighted by molar-refractivity contribution is -0.128. The number of carbonyl (C=O) groups excluding carboxylic acids is 2. The first kappa shape index (κ1) is 22.2. The summed E-state index contributed by atoms with van der Waals surface area (Å²) in [6.07, 6.45) is 3.10. The molecule has 0 bridgehead atoms. The lowest BCUT2D eigenvalue weighted by Gasteiger charge is -2.16. The van der Waals surface area contributed by atoms with E-state index in [1.165, 1.54) is 0 Å². The highest BCUT2D eigenvalue weighted by Crippen LogP contribution is 2.19. The number of hydrogen-bond acceptors (Lipinski definition) is 6. The molecule has 2 N–H and O–H groups in total. The minimum atomic E-state index is -0.382. The standard InChI is InChI=1S/C23H27N5O3/c1-16(25-11-9-18-3-5-19(13-24)6-4-18)23(30)27-22-8-7-20(14-26-22)31-21-10-12-28(15-21)17(2)29/h3-8,14,16,21,25H,9-12,15H2,1-2H3,(H,26,27,30)/t16-,21+/m1/s1. The van der Waals surface area contributed by atoms with Gasteiger partial charge in [0.1, 0.15) is 17.7 Å². The van der Waals surface area contributed by atoms with Crippen LogP contribution in [0.25, 0.3) is 0 Å². The molecule has 0 unspecified atom stereocenters. The topological polar surface area (TPSA) is 107 Å². The first-order valence-electron chi connectivity index (χ1n) is 10.4. The number of nitriles is 1. The predicted octanol–water partition coefficient (Wildman–Crippen LogP) is 2.11. The van der Waals surface area contributed by atoms with E-state index in [9.17, 15) is 9.59 Å². The second kappa shape index (κ2) is 10.5. The van der Waals surface area contributed by atoms with E-state index in [4.69, 9.17) is 10.00 Å². The molecule has 1 fully saturated rings. The van der Waals surface area contributed by atoms with Crippen LogP contribution in [-0.4, -0.2) is 53.5 Å². The van der Waals surface area contributed by atoms with Crippen LogP contribution in [0.2, 0.25) is 0 Å². The van der Waals surface area contributed by atoms with Crippen molar-refractivity contribution in [2.75, 3.05) is 25.0 Å². The summed E-state index contributed by atoms with van der Waals surface area (Å²) in [5.74, 6) is 0.952. The molecule has 1 aromatic carbocycles. The average Bonchev–Trinajstić information content (AvgIpc) is 3.24. The van der Waals surface area contributed by atoms with Crippen molar-refractivity contribution >= 4 is 17.6 Å². The van der Waals surface area contributed by atoms with E-state index in [1.807, 2.05) is 12.1 Å². The fourth-order valence-corrected chi connectivity index (χ4v) is 3.33. The van der Waals surface area contributed by atoms with Crippen LogP contribution in [0, 0.1) is 11.3 Å². The van der Waals surface area contributed by atoms with Gasteiger partial charge in [-0.05, 0) is 49.7 Å². The molecular formula is C23H27N5O3. The zero-order chi connectivity index (χ0) is 22.2. The van der Waals surface area contributed by atoms with Crippen LogP contribution in [0.4, 0.5) is 5.82 Å². The van der Waals surface area contributed by atoms with Gasteiger partial charge in [-0.15, -0.1) is 0 Å². The van der Waals surface area contributed by atoms with Crippen molar-refractivity contribution in [1.82, 2.24) is 15.2 Å². The number of anilines is 1. The van der Waals surface area contributed by atoms with Crippen molar-refractivity contribution in [3.8, 4) is 11.8 Å². The number of nitrogens with zero attached hydrogens (tertiary/aromatic N) is 3. The van der Waals surface area contributed by atoms with Crippen molar-refractivity contribution in [3.63, 3.8) is 0 Å². The maximum absolute atomic E-state index is 12.4. The molecular weight excluding hydrogens is 394 g/mol. The Kier molecular flexibility index (Phi) is 7.57. The number of benzene rings is 1. The van der Waals surface area contributed by atoms with Gasteiger partial charge in [0, 0.05) is 19.9 Å². The molecule has 31 heavy (non-hydrogen) atoms. The third-order valence-corrected chi connectivity index (χ3v) is 5.22. The summed E-state index contributed by atoms with van der Waals surface area (Å²) in [5, 5.41) is 14.8. The van der Waals surface area contributed by atoms with E-state index in [0.717, 1.165) is 18.4 Å². The minimum Gasteiger partial charge on any atom is -0.487 e. The van der Waals surface area contributed by atoms with Crippen LogP contribution in [0.5, 0.6) is 5.75 Å². The first-order valence-corrected chi connectivity index (χ1v) is 10.4. The Morgan fingerprint density at radius 1 is 1.29 bits per heavy atom. The van der Waals surface area contributed by atoms with Crippen molar-refractivity contribution in [2.24, 2.45) is 0 Å². The molecule has 2 heterocycles. The van der Waals surface area contributed by atoms with Gasteiger partial charge in [0.25, 0.3) is 0 Å². The van der Waals surface area contributed by atoms with Gasteiger partial charge in [0.2, 0.25) is 11.8 Å². The molecule has 1 aromatic heterocycles. The Labute approximate surface area is 182 Å². The van der Waals surface area contributed by atoms with Gasteiger partial charge in [0.15, 0.2) is 0 Å². The molecule has 2 amide bonds. The maximum atomic E-state index is 12.4. The Morgan fingerprint density at radius 3 is 2.68 bits per heavy atom. The fourth-order valence-electron chi connectivity index (χ4n) is 3.33. The highest BCUT2D eigenvalue weighted by atomic mass is 16.5. The molecule has 0 radical (unpaired) electrons. The smallest absolute Gasteiger partial charge is 0.242 e. The number of ether oxygens (including phenoxy) is 1. The molecule has 0 spiro atoms. The molecule has 8 nitrogen and oxygen atoms in total. The van der Waals surface area contributed by atoms with Gasteiger partial charge in [-0.2, -0.15) is 5.26 Å². The lowest BCUT2D eigenvalue weighted by Crippen LogP contribution is -2.39. The van der Waals surface area contributed by atoms with Crippen LogP contribution in [0.1, 0.15) is 31.4 Å². The van der Waals surface area contributed by atoms with Crippen LogP contribution in [-0.2, 0) is 16.0 Å². The molecule has 1 aliphatic rings. The summed E-state index contributed by atoms with van der Waals surface area (Å²) >= 11 is 0. The third kappa shape index (κ3) is 6.52. The maximum Gasteiger partial charge on any atom is 0.242 e. The van der Waals surface area contributed by atoms with E-state index >= 15 is 0 Å². The van der Waals surface area contributed by atoms with Gasteiger partial charge in [-0.1, -0.05) is 12.1 Å². The Balaban J connectivity index is 1.41. The molecule has 162 valence electrons. The second-order valence-corrected chi connectivity index (χ2v) is 7.60. The summed E-state index contributed by atoms with van der Waals surface area (Å²) in [6.45, 7) is 5.28. The number of rotatable bonds is 8. The Hall–Kier alpha value is -3.44. The van der Waals surface area contributed by atoms with Gasteiger partial charge in [-0.3, -0.25) is 9.59 Å². The molecule has 0 aliphatic carbocycles. The fraction of sp³-hybridized carbons (Fsp3) is 0.391. The number of amides is 2. The molecule has 1 saturated heterocycles. The summed E-state index contributed by atoms with van der Waals surface area (Å²) in [4.78, 5) is 29.8. The minimum absolute atomic E-state index is 0.0357. The third-order valence-electron chi connectivity index (χ3n) is 5.22. The predicted molar refractivity (Wildman–Crippen MR) is 116 cm³/mol. The van der Waals surface area contributed by atoms with Crippen molar-refractivity contribution < 1.29 is 14.3 Å². The van der Waals surface area contributed by atoms with Crippen LogP contribution < -0.4 is 15.4 Å². The number of pyridine rings is 1. The Bertz CT molecular complexity index is 937. The van der Waals surface area contributed by atoms with Crippen molar-refractivity contribution in [2.45, 2.75) is 38.8 Å². The Morgan fingerprint density at radius 2 is 2.06 bits per heavy atom. The van der Waals surface area contributed by atoms with E-state index in [-0.39, 0.29) is 24.0 Å². The summed E-state index contributed by atoms with van der Waals surface area (Å²) < 4.78 is 5.87. The molecule has 2 aromatic rings. The number of hydrogen-bond donors (Lipinski definition) is 2. The first-order chi connectivity index (χ1) is 14.9. The quantitative estimate of drug-likeness (QED) is 0.676. The zero-order valence-corrected chi connectivity index (χ0v) is 17.8. The molecule has 3 rings (SSSR count). The zero-order valence-electron chi connectivity index (χ0n) is 17.8. The number of aromatic nitrogens is 1.